The summed E-state index contributed by atoms with van der Waals surface area (Å²) in [5.74, 6) is -0.507. The fraction of sp³-hybridized carbons (Fsp3) is 0.150. The van der Waals surface area contributed by atoms with Crippen LogP contribution in [0.3, 0.4) is 0 Å². The lowest BCUT2D eigenvalue weighted by Gasteiger charge is -2.15. The molecule has 3 aromatic rings. The van der Waals surface area contributed by atoms with Gasteiger partial charge in [-0.15, -0.1) is 0 Å². The van der Waals surface area contributed by atoms with Gasteiger partial charge in [0.05, 0.1) is 6.10 Å². The van der Waals surface area contributed by atoms with Crippen LogP contribution in [0.2, 0.25) is 0 Å². The Hall–Kier alpha value is -2.97. The van der Waals surface area contributed by atoms with Crippen molar-refractivity contribution in [2.75, 3.05) is 23.4 Å². The highest BCUT2D eigenvalue weighted by Crippen LogP contribution is 2.20. The van der Waals surface area contributed by atoms with Crippen molar-refractivity contribution in [2.45, 2.75) is 11.3 Å². The van der Waals surface area contributed by atoms with E-state index < -0.39 is 12.0 Å². The molecule has 3 rings (SSSR count). The number of hydrogen-bond donors (Lipinski definition) is 3. The van der Waals surface area contributed by atoms with Crippen LogP contribution in [0.4, 0.5) is 15.9 Å². The van der Waals surface area contributed by atoms with Crippen LogP contribution >= 0.6 is 11.8 Å². The zero-order valence-corrected chi connectivity index (χ0v) is 15.9. The summed E-state index contributed by atoms with van der Waals surface area (Å²) in [5, 5.41) is 16.6. The van der Waals surface area contributed by atoms with E-state index in [1.54, 1.807) is 0 Å². The molecule has 6 nitrogen and oxygen atoms in total. The maximum atomic E-state index is 13.0. The quantitative estimate of drug-likeness (QED) is 0.415. The number of aliphatic hydroxyl groups excluding tert-OH is 1. The van der Waals surface area contributed by atoms with E-state index in [1.807, 2.05) is 36.6 Å². The van der Waals surface area contributed by atoms with E-state index in [4.69, 9.17) is 0 Å². The third-order valence-electron chi connectivity index (χ3n) is 3.94. The molecule has 3 N–H and O–H groups in total. The predicted octanol–water partition coefficient (Wildman–Crippen LogP) is 3.74. The normalized spacial score (nSPS) is 11.7. The summed E-state index contributed by atoms with van der Waals surface area (Å²) in [6, 6.07) is 14.7. The highest BCUT2D eigenvalue weighted by atomic mass is 32.2. The Labute approximate surface area is 166 Å². The second-order valence-electron chi connectivity index (χ2n) is 5.89. The van der Waals surface area contributed by atoms with Gasteiger partial charge in [0.1, 0.15) is 17.2 Å². The van der Waals surface area contributed by atoms with Crippen molar-refractivity contribution < 1.29 is 14.3 Å². The Morgan fingerprint density at radius 3 is 2.57 bits per heavy atom. The van der Waals surface area contributed by atoms with Gasteiger partial charge in [0.2, 0.25) is 0 Å². The highest BCUT2D eigenvalue weighted by molar-refractivity contribution is 7.98. The van der Waals surface area contributed by atoms with E-state index in [0.717, 1.165) is 5.56 Å². The number of carbonyl (C=O) groups excluding carboxylic acids is 1. The lowest BCUT2D eigenvalue weighted by Crippen LogP contribution is -2.19. The van der Waals surface area contributed by atoms with Gasteiger partial charge in [-0.3, -0.25) is 4.79 Å². The van der Waals surface area contributed by atoms with Crippen molar-refractivity contribution in [3.05, 3.63) is 77.7 Å². The summed E-state index contributed by atoms with van der Waals surface area (Å²) in [4.78, 5) is 21.1. The summed E-state index contributed by atoms with van der Waals surface area (Å²) in [5.41, 5.74) is 1.43. The topological polar surface area (TPSA) is 87.1 Å². The molecule has 0 bridgehead atoms. The highest BCUT2D eigenvalue weighted by Gasteiger charge is 2.16. The second-order valence-corrected chi connectivity index (χ2v) is 6.66. The van der Waals surface area contributed by atoms with Crippen LogP contribution in [-0.4, -0.2) is 33.8 Å². The van der Waals surface area contributed by atoms with Crippen LogP contribution in [0.15, 0.2) is 66.0 Å². The number of thioether (sulfide) groups is 1. The largest absolute Gasteiger partial charge is 0.387 e. The molecule has 0 aliphatic heterocycles. The third kappa shape index (κ3) is 5.05. The minimum Gasteiger partial charge on any atom is -0.387 e. The molecule has 0 fully saturated rings. The Kier molecular flexibility index (Phi) is 6.57. The molecule has 1 amide bonds. The van der Waals surface area contributed by atoms with Crippen LogP contribution in [-0.2, 0) is 0 Å². The van der Waals surface area contributed by atoms with Crippen molar-refractivity contribution in [2.24, 2.45) is 0 Å². The summed E-state index contributed by atoms with van der Waals surface area (Å²) in [7, 11) is 0. The molecule has 0 radical (unpaired) electrons. The first-order chi connectivity index (χ1) is 13.6. The number of anilines is 2. The lowest BCUT2D eigenvalue weighted by molar-refractivity contribution is 0.102. The minimum absolute atomic E-state index is 0.172. The van der Waals surface area contributed by atoms with Gasteiger partial charge in [-0.25, -0.2) is 14.4 Å². The number of halogens is 1. The standard InChI is InChI=1S/C20H19FN4O2S/c1-28-20-23-11-16(19(27)24-15-9-7-14(21)8-10-15)18(25-20)22-12-17(26)13-5-3-2-4-6-13/h2-11,17,26H,12H2,1H3,(H,24,27)(H,22,23,25). The SMILES string of the molecule is CSc1ncc(C(=O)Nc2ccc(F)cc2)c(NCC(O)c2ccccc2)n1. The summed E-state index contributed by atoms with van der Waals surface area (Å²) in [6.45, 7) is 0.172. The van der Waals surface area contributed by atoms with E-state index in [2.05, 4.69) is 20.6 Å². The minimum atomic E-state index is -0.762. The molecular weight excluding hydrogens is 379 g/mol. The number of aliphatic hydroxyl groups is 1. The fourth-order valence-electron chi connectivity index (χ4n) is 2.48. The smallest absolute Gasteiger partial charge is 0.260 e. The van der Waals surface area contributed by atoms with Crippen molar-refractivity contribution in [1.82, 2.24) is 9.97 Å². The molecule has 2 aromatic carbocycles. The number of carbonyl (C=O) groups is 1. The first-order valence-electron chi connectivity index (χ1n) is 8.51. The molecule has 1 aromatic heterocycles. The number of aromatic nitrogens is 2. The maximum absolute atomic E-state index is 13.0. The number of nitrogens with zero attached hydrogens (tertiary/aromatic N) is 2. The Balaban J connectivity index is 1.77. The van der Waals surface area contributed by atoms with E-state index in [-0.39, 0.29) is 17.9 Å². The van der Waals surface area contributed by atoms with E-state index in [1.165, 1.54) is 42.2 Å². The van der Waals surface area contributed by atoms with Gasteiger partial charge in [0, 0.05) is 18.4 Å². The van der Waals surface area contributed by atoms with Crippen LogP contribution in [0.25, 0.3) is 0 Å². The molecule has 0 spiro atoms. The molecule has 1 atom stereocenters. The van der Waals surface area contributed by atoms with Gasteiger partial charge in [0.15, 0.2) is 5.16 Å². The Morgan fingerprint density at radius 1 is 1.18 bits per heavy atom. The van der Waals surface area contributed by atoms with E-state index in [9.17, 15) is 14.3 Å². The van der Waals surface area contributed by atoms with E-state index in [0.29, 0.717) is 16.7 Å². The van der Waals surface area contributed by atoms with Crippen molar-refractivity contribution in [3.8, 4) is 0 Å². The molecule has 0 aliphatic carbocycles. The van der Waals surface area contributed by atoms with Crippen molar-refractivity contribution >= 4 is 29.2 Å². The van der Waals surface area contributed by atoms with Crippen LogP contribution in [0, 0.1) is 5.82 Å². The summed E-state index contributed by atoms with van der Waals surface area (Å²) in [6.07, 6.45) is 2.49. The molecule has 0 saturated heterocycles. The number of rotatable bonds is 7. The second kappa shape index (κ2) is 9.29. The van der Waals surface area contributed by atoms with Crippen LogP contribution < -0.4 is 10.6 Å². The summed E-state index contributed by atoms with van der Waals surface area (Å²) < 4.78 is 13.0. The lowest BCUT2D eigenvalue weighted by atomic mass is 10.1. The predicted molar refractivity (Wildman–Crippen MR) is 108 cm³/mol. The van der Waals surface area contributed by atoms with Gasteiger partial charge in [-0.2, -0.15) is 0 Å². The Morgan fingerprint density at radius 2 is 1.89 bits per heavy atom. The number of amides is 1. The molecule has 0 saturated carbocycles. The van der Waals surface area contributed by atoms with Gasteiger partial charge in [0.25, 0.3) is 5.91 Å². The molecule has 0 aliphatic rings. The number of nitrogens with one attached hydrogen (secondary N) is 2. The number of hydrogen-bond acceptors (Lipinski definition) is 6. The van der Waals surface area contributed by atoms with Crippen molar-refractivity contribution in [1.29, 1.82) is 0 Å². The molecule has 144 valence electrons. The maximum Gasteiger partial charge on any atom is 0.260 e. The zero-order valence-electron chi connectivity index (χ0n) is 15.1. The van der Waals surface area contributed by atoms with E-state index >= 15 is 0 Å². The van der Waals surface area contributed by atoms with Gasteiger partial charge in [-0.05, 0) is 36.1 Å². The van der Waals surface area contributed by atoms with Crippen LogP contribution in [0.1, 0.15) is 22.0 Å². The fourth-order valence-corrected chi connectivity index (χ4v) is 2.82. The molecule has 28 heavy (non-hydrogen) atoms. The van der Waals surface area contributed by atoms with Crippen molar-refractivity contribution in [3.63, 3.8) is 0 Å². The average Bonchev–Trinajstić information content (AvgIpc) is 2.74. The molecular formula is C20H19FN4O2S. The molecule has 1 unspecified atom stereocenters. The van der Waals surface area contributed by atoms with Crippen LogP contribution in [0.5, 0.6) is 0 Å². The monoisotopic (exact) mass is 398 g/mol. The van der Waals surface area contributed by atoms with Gasteiger partial charge in [-0.1, -0.05) is 42.1 Å². The van der Waals surface area contributed by atoms with Gasteiger partial charge < -0.3 is 15.7 Å². The number of benzene rings is 2. The average molecular weight is 398 g/mol. The first-order valence-corrected chi connectivity index (χ1v) is 9.74. The Bertz CT molecular complexity index is 939. The molecule has 8 heteroatoms. The molecule has 1 heterocycles. The summed E-state index contributed by atoms with van der Waals surface area (Å²) >= 11 is 1.34. The third-order valence-corrected chi connectivity index (χ3v) is 4.50. The zero-order chi connectivity index (χ0) is 19.9. The first kappa shape index (κ1) is 19.8. The van der Waals surface area contributed by atoms with Gasteiger partial charge >= 0.3 is 0 Å².